The van der Waals surface area contributed by atoms with E-state index in [1.54, 1.807) is 0 Å². The molecule has 0 spiro atoms. The molecule has 1 atom stereocenters. The first-order chi connectivity index (χ1) is 6.79. The van der Waals surface area contributed by atoms with Gasteiger partial charge in [0.15, 0.2) is 0 Å². The minimum Gasteiger partial charge on any atom is -0.320 e. The normalized spacial score (nSPS) is 30.8. The van der Waals surface area contributed by atoms with E-state index in [2.05, 4.69) is 5.01 Å². The molecule has 0 aliphatic carbocycles. The van der Waals surface area contributed by atoms with Crippen molar-refractivity contribution < 1.29 is 4.79 Å². The van der Waals surface area contributed by atoms with Crippen molar-refractivity contribution in [3.63, 3.8) is 0 Å². The molecule has 0 saturated carbocycles. The Morgan fingerprint density at radius 1 is 1.07 bits per heavy atom. The van der Waals surface area contributed by atoms with Gasteiger partial charge in [0, 0.05) is 19.6 Å². The van der Waals surface area contributed by atoms with Crippen LogP contribution in [0.1, 0.15) is 32.1 Å². The quantitative estimate of drug-likeness (QED) is 0.659. The fourth-order valence-corrected chi connectivity index (χ4v) is 2.29. The average Bonchev–Trinajstić information content (AvgIpc) is 2.23. The molecule has 2 aliphatic rings. The fraction of sp³-hybridized carbons (Fsp3) is 0.900. The van der Waals surface area contributed by atoms with Gasteiger partial charge < -0.3 is 5.73 Å². The smallest absolute Gasteiger partial charge is 0.253 e. The third-order valence-corrected chi connectivity index (χ3v) is 3.13. The Hall–Kier alpha value is -0.610. The number of piperidine rings is 2. The van der Waals surface area contributed by atoms with Crippen molar-refractivity contribution in [2.24, 2.45) is 5.73 Å². The van der Waals surface area contributed by atoms with Gasteiger partial charge in [-0.1, -0.05) is 6.42 Å². The maximum Gasteiger partial charge on any atom is 0.253 e. The van der Waals surface area contributed by atoms with Crippen LogP contribution >= 0.6 is 0 Å². The standard InChI is InChI=1S/C10H19N3O/c11-9-5-4-8-13(10(9)14)12-6-2-1-3-7-12/h9H,1-8,11H2. The first kappa shape index (κ1) is 9.93. The number of hydrogen-bond acceptors (Lipinski definition) is 3. The predicted octanol–water partition coefficient (Wildman–Crippen LogP) is 0.337. The van der Waals surface area contributed by atoms with Gasteiger partial charge in [0.2, 0.25) is 0 Å². The summed E-state index contributed by atoms with van der Waals surface area (Å²) in [5, 5.41) is 4.07. The summed E-state index contributed by atoms with van der Waals surface area (Å²) in [6, 6.07) is -0.259. The molecule has 14 heavy (non-hydrogen) atoms. The lowest BCUT2D eigenvalue weighted by atomic mass is 10.1. The van der Waals surface area contributed by atoms with E-state index in [1.165, 1.54) is 19.3 Å². The van der Waals surface area contributed by atoms with E-state index in [0.29, 0.717) is 0 Å². The third-order valence-electron chi connectivity index (χ3n) is 3.13. The Morgan fingerprint density at radius 3 is 2.50 bits per heavy atom. The van der Waals surface area contributed by atoms with Crippen LogP contribution in [0.2, 0.25) is 0 Å². The molecule has 0 aromatic heterocycles. The zero-order valence-electron chi connectivity index (χ0n) is 8.61. The summed E-state index contributed by atoms with van der Waals surface area (Å²) in [5.74, 6) is 0.123. The second kappa shape index (κ2) is 4.28. The Morgan fingerprint density at radius 2 is 1.79 bits per heavy atom. The zero-order chi connectivity index (χ0) is 9.97. The molecule has 1 amide bonds. The van der Waals surface area contributed by atoms with E-state index in [4.69, 9.17) is 5.73 Å². The van der Waals surface area contributed by atoms with Crippen molar-refractivity contribution in [3.8, 4) is 0 Å². The largest absolute Gasteiger partial charge is 0.320 e. The van der Waals surface area contributed by atoms with E-state index < -0.39 is 0 Å². The molecule has 1 unspecified atom stereocenters. The second-order valence-corrected chi connectivity index (χ2v) is 4.22. The number of rotatable bonds is 1. The van der Waals surface area contributed by atoms with Gasteiger partial charge >= 0.3 is 0 Å². The van der Waals surface area contributed by atoms with E-state index in [0.717, 1.165) is 32.5 Å². The SMILES string of the molecule is NC1CCCN(N2CCCCC2)C1=O. The number of nitrogens with zero attached hydrogens (tertiary/aromatic N) is 2. The van der Waals surface area contributed by atoms with E-state index in [9.17, 15) is 4.79 Å². The molecule has 0 radical (unpaired) electrons. The van der Waals surface area contributed by atoms with Gasteiger partial charge in [-0.3, -0.25) is 9.80 Å². The van der Waals surface area contributed by atoms with Gasteiger partial charge in [-0.05, 0) is 25.7 Å². The van der Waals surface area contributed by atoms with Crippen LogP contribution in [0.5, 0.6) is 0 Å². The van der Waals surface area contributed by atoms with Crippen LogP contribution < -0.4 is 5.73 Å². The Balaban J connectivity index is 1.97. The van der Waals surface area contributed by atoms with Crippen molar-refractivity contribution in [1.29, 1.82) is 0 Å². The molecular formula is C10H19N3O. The Bertz CT molecular complexity index is 213. The summed E-state index contributed by atoms with van der Waals surface area (Å²) < 4.78 is 0. The maximum atomic E-state index is 11.8. The minimum atomic E-state index is -0.259. The Kier molecular flexibility index (Phi) is 3.03. The second-order valence-electron chi connectivity index (χ2n) is 4.22. The van der Waals surface area contributed by atoms with Gasteiger partial charge in [0.25, 0.3) is 5.91 Å². The summed E-state index contributed by atoms with van der Waals surface area (Å²) >= 11 is 0. The number of carbonyl (C=O) groups excluding carboxylic acids is 1. The summed E-state index contributed by atoms with van der Waals surface area (Å²) in [6.07, 6.45) is 5.61. The van der Waals surface area contributed by atoms with Crippen LogP contribution in [0.3, 0.4) is 0 Å². The van der Waals surface area contributed by atoms with E-state index in [-0.39, 0.29) is 11.9 Å². The Labute approximate surface area is 85.0 Å². The molecule has 2 N–H and O–H groups in total. The van der Waals surface area contributed by atoms with Crippen molar-refractivity contribution in [2.45, 2.75) is 38.1 Å². The number of hydrazine groups is 1. The first-order valence-electron chi connectivity index (χ1n) is 5.61. The van der Waals surface area contributed by atoms with Crippen LogP contribution in [0.25, 0.3) is 0 Å². The summed E-state index contributed by atoms with van der Waals surface area (Å²) in [5.41, 5.74) is 5.76. The van der Waals surface area contributed by atoms with Crippen LogP contribution in [-0.4, -0.2) is 41.6 Å². The van der Waals surface area contributed by atoms with Gasteiger partial charge in [0.1, 0.15) is 0 Å². The topological polar surface area (TPSA) is 49.6 Å². The summed E-state index contributed by atoms with van der Waals surface area (Å²) in [7, 11) is 0. The molecule has 0 aromatic rings. The highest BCUT2D eigenvalue weighted by Crippen LogP contribution is 2.17. The molecule has 4 nitrogen and oxygen atoms in total. The van der Waals surface area contributed by atoms with Crippen LogP contribution in [0, 0.1) is 0 Å². The zero-order valence-corrected chi connectivity index (χ0v) is 8.61. The molecular weight excluding hydrogens is 178 g/mol. The monoisotopic (exact) mass is 197 g/mol. The maximum absolute atomic E-state index is 11.8. The van der Waals surface area contributed by atoms with Crippen molar-refractivity contribution >= 4 is 5.91 Å². The molecule has 0 bridgehead atoms. The lowest BCUT2D eigenvalue weighted by Gasteiger charge is -2.41. The molecule has 4 heteroatoms. The predicted molar refractivity (Wildman–Crippen MR) is 54.3 cm³/mol. The number of amides is 1. The van der Waals surface area contributed by atoms with Gasteiger partial charge in [-0.2, -0.15) is 0 Å². The lowest BCUT2D eigenvalue weighted by molar-refractivity contribution is -0.156. The number of hydrogen-bond donors (Lipinski definition) is 1. The molecule has 0 aromatic carbocycles. The number of carbonyl (C=O) groups is 1. The molecule has 2 heterocycles. The minimum absolute atomic E-state index is 0.123. The molecule has 2 saturated heterocycles. The third kappa shape index (κ3) is 1.91. The highest BCUT2D eigenvalue weighted by Gasteiger charge is 2.30. The molecule has 2 rings (SSSR count). The van der Waals surface area contributed by atoms with Crippen molar-refractivity contribution in [1.82, 2.24) is 10.0 Å². The summed E-state index contributed by atoms with van der Waals surface area (Å²) in [4.78, 5) is 11.8. The summed E-state index contributed by atoms with van der Waals surface area (Å²) in [6.45, 7) is 2.92. The fourth-order valence-electron chi connectivity index (χ4n) is 2.29. The lowest BCUT2D eigenvalue weighted by Crippen LogP contribution is -2.57. The molecule has 80 valence electrons. The van der Waals surface area contributed by atoms with Crippen LogP contribution in [-0.2, 0) is 4.79 Å². The van der Waals surface area contributed by atoms with Crippen molar-refractivity contribution in [3.05, 3.63) is 0 Å². The number of nitrogens with two attached hydrogens (primary N) is 1. The van der Waals surface area contributed by atoms with Crippen LogP contribution in [0.4, 0.5) is 0 Å². The highest BCUT2D eigenvalue weighted by atomic mass is 16.2. The van der Waals surface area contributed by atoms with Gasteiger partial charge in [-0.25, -0.2) is 5.01 Å². The van der Waals surface area contributed by atoms with Gasteiger partial charge in [-0.15, -0.1) is 0 Å². The van der Waals surface area contributed by atoms with Crippen LogP contribution in [0.15, 0.2) is 0 Å². The van der Waals surface area contributed by atoms with Gasteiger partial charge in [0.05, 0.1) is 6.04 Å². The first-order valence-corrected chi connectivity index (χ1v) is 5.61. The average molecular weight is 197 g/mol. The highest BCUT2D eigenvalue weighted by molar-refractivity contribution is 5.81. The van der Waals surface area contributed by atoms with E-state index >= 15 is 0 Å². The molecule has 2 aliphatic heterocycles. The van der Waals surface area contributed by atoms with Crippen molar-refractivity contribution in [2.75, 3.05) is 19.6 Å². The van der Waals surface area contributed by atoms with E-state index in [1.807, 2.05) is 5.01 Å². The molecule has 2 fully saturated rings.